The molecule has 0 atom stereocenters. The number of nitrogens with one attached hydrogen (secondary N) is 2. The highest BCUT2D eigenvalue weighted by Crippen LogP contribution is 2.35. The van der Waals surface area contributed by atoms with Crippen molar-refractivity contribution in [2.45, 2.75) is 25.7 Å². The first-order valence-electron chi connectivity index (χ1n) is 10.3. The molecule has 29 heavy (non-hydrogen) atoms. The number of H-pyrrole nitrogens is 1. The normalized spacial score (nSPS) is 15.8. The molecular formula is C23H30N4O2. The Morgan fingerprint density at radius 2 is 2.03 bits per heavy atom. The third-order valence-electron chi connectivity index (χ3n) is 5.98. The number of likely N-dealkylation sites (tertiary alicyclic amines) is 1. The van der Waals surface area contributed by atoms with E-state index in [0.29, 0.717) is 11.7 Å². The van der Waals surface area contributed by atoms with Gasteiger partial charge >= 0.3 is 0 Å². The van der Waals surface area contributed by atoms with Crippen LogP contribution in [0.4, 0.5) is 0 Å². The van der Waals surface area contributed by atoms with Crippen LogP contribution in [0.5, 0.6) is 11.5 Å². The molecule has 1 aliphatic rings. The minimum absolute atomic E-state index is 0.182. The average Bonchev–Trinajstić information content (AvgIpc) is 3.17. The minimum atomic E-state index is 0.182. The number of hydrogen-bond acceptors (Lipinski definition) is 5. The van der Waals surface area contributed by atoms with Crippen molar-refractivity contribution in [2.24, 2.45) is 0 Å². The number of methoxy groups -OCH3 is 1. The second kappa shape index (κ2) is 8.43. The summed E-state index contributed by atoms with van der Waals surface area (Å²) in [5.74, 6) is 2.15. The molecule has 3 N–H and O–H groups in total. The van der Waals surface area contributed by atoms with Crippen molar-refractivity contribution in [1.29, 1.82) is 0 Å². The van der Waals surface area contributed by atoms with Gasteiger partial charge in [-0.1, -0.05) is 6.07 Å². The number of rotatable bonds is 6. The summed E-state index contributed by atoms with van der Waals surface area (Å²) in [7, 11) is 3.62. The van der Waals surface area contributed by atoms with Crippen LogP contribution in [0.2, 0.25) is 0 Å². The number of hydrogen-bond donors (Lipinski definition) is 3. The van der Waals surface area contributed by atoms with Crippen molar-refractivity contribution in [1.82, 2.24) is 20.2 Å². The molecule has 6 heteroatoms. The highest BCUT2D eigenvalue weighted by molar-refractivity contribution is 5.84. The van der Waals surface area contributed by atoms with Crippen molar-refractivity contribution in [3.8, 4) is 22.9 Å². The Kier molecular flexibility index (Phi) is 5.74. The van der Waals surface area contributed by atoms with Crippen LogP contribution in [0.25, 0.3) is 22.4 Å². The Morgan fingerprint density at radius 3 is 2.76 bits per heavy atom. The largest absolute Gasteiger partial charge is 0.508 e. The van der Waals surface area contributed by atoms with E-state index in [9.17, 15) is 5.11 Å². The zero-order valence-electron chi connectivity index (χ0n) is 17.5. The number of likely N-dealkylation sites (N-methyl/N-ethyl adjacent to an activating group) is 1. The number of aromatic amines is 1. The maximum absolute atomic E-state index is 9.73. The SMILES string of the molecule is CNCCN1CCC(c2cc(C)c3nc(-c4ccc(O)cc4OC)[nH]c3c2)CC1. The number of ether oxygens (including phenoxy) is 1. The lowest BCUT2D eigenvalue weighted by Crippen LogP contribution is -2.37. The van der Waals surface area contributed by atoms with E-state index in [1.165, 1.54) is 24.0 Å². The molecule has 1 saturated heterocycles. The molecule has 0 aliphatic carbocycles. The van der Waals surface area contributed by atoms with Crippen LogP contribution in [0.15, 0.2) is 30.3 Å². The highest BCUT2D eigenvalue weighted by atomic mass is 16.5. The summed E-state index contributed by atoms with van der Waals surface area (Å²) in [6, 6.07) is 9.67. The number of piperidine rings is 1. The molecule has 0 bridgehead atoms. The van der Waals surface area contributed by atoms with E-state index in [0.717, 1.165) is 48.6 Å². The lowest BCUT2D eigenvalue weighted by atomic mass is 9.88. The van der Waals surface area contributed by atoms with E-state index in [1.54, 1.807) is 19.2 Å². The van der Waals surface area contributed by atoms with Crippen molar-refractivity contribution in [2.75, 3.05) is 40.3 Å². The number of imidazole rings is 1. The number of phenolic OH excluding ortho intramolecular Hbond substituents is 1. The van der Waals surface area contributed by atoms with Gasteiger partial charge in [0.2, 0.25) is 0 Å². The van der Waals surface area contributed by atoms with Crippen LogP contribution in [-0.2, 0) is 0 Å². The summed E-state index contributed by atoms with van der Waals surface area (Å²) in [4.78, 5) is 10.8. The van der Waals surface area contributed by atoms with Crippen LogP contribution in [-0.4, -0.2) is 60.3 Å². The predicted molar refractivity (Wildman–Crippen MR) is 117 cm³/mol. The van der Waals surface area contributed by atoms with Gasteiger partial charge in [-0.25, -0.2) is 4.98 Å². The molecule has 1 aromatic heterocycles. The number of benzene rings is 2. The first-order valence-corrected chi connectivity index (χ1v) is 10.3. The summed E-state index contributed by atoms with van der Waals surface area (Å²) in [5, 5.41) is 13.0. The van der Waals surface area contributed by atoms with Gasteiger partial charge in [0.25, 0.3) is 0 Å². The van der Waals surface area contributed by atoms with E-state index >= 15 is 0 Å². The van der Waals surface area contributed by atoms with Crippen molar-refractivity contribution >= 4 is 11.0 Å². The molecule has 0 saturated carbocycles. The fraction of sp³-hybridized carbons (Fsp3) is 0.435. The van der Waals surface area contributed by atoms with Gasteiger partial charge in [0, 0.05) is 19.2 Å². The van der Waals surface area contributed by atoms with Crippen molar-refractivity contribution in [3.05, 3.63) is 41.5 Å². The van der Waals surface area contributed by atoms with Crippen molar-refractivity contribution in [3.63, 3.8) is 0 Å². The maximum atomic E-state index is 9.73. The molecule has 2 heterocycles. The van der Waals surface area contributed by atoms with Gasteiger partial charge in [-0.05, 0) is 75.1 Å². The number of nitrogens with zero attached hydrogens (tertiary/aromatic N) is 2. The lowest BCUT2D eigenvalue weighted by molar-refractivity contribution is 0.214. The van der Waals surface area contributed by atoms with Gasteiger partial charge in [-0.2, -0.15) is 0 Å². The number of aryl methyl sites for hydroxylation is 1. The molecule has 1 fully saturated rings. The fourth-order valence-corrected chi connectivity index (χ4v) is 4.32. The van der Waals surface area contributed by atoms with Gasteiger partial charge < -0.3 is 25.0 Å². The third kappa shape index (κ3) is 4.09. The highest BCUT2D eigenvalue weighted by Gasteiger charge is 2.22. The smallest absolute Gasteiger partial charge is 0.142 e. The van der Waals surface area contributed by atoms with E-state index < -0.39 is 0 Å². The summed E-state index contributed by atoms with van der Waals surface area (Å²) >= 11 is 0. The standard InChI is InChI=1S/C23H30N4O2/c1-15-12-17(16-6-9-27(10-7-16)11-8-24-2)13-20-22(15)26-23(25-20)19-5-4-18(28)14-21(19)29-3/h4-5,12-14,16,24,28H,6-11H2,1-3H3,(H,25,26). The molecule has 0 unspecified atom stereocenters. The minimum Gasteiger partial charge on any atom is -0.508 e. The Balaban J connectivity index is 1.60. The molecule has 1 aliphatic heterocycles. The summed E-state index contributed by atoms with van der Waals surface area (Å²) in [6.45, 7) is 6.62. The second-order valence-electron chi connectivity index (χ2n) is 7.92. The first-order chi connectivity index (χ1) is 14.1. The monoisotopic (exact) mass is 394 g/mol. The van der Waals surface area contributed by atoms with Crippen LogP contribution >= 0.6 is 0 Å². The topological polar surface area (TPSA) is 73.4 Å². The zero-order chi connectivity index (χ0) is 20.4. The van der Waals surface area contributed by atoms with Crippen LogP contribution in [0, 0.1) is 6.92 Å². The average molecular weight is 395 g/mol. The van der Waals surface area contributed by atoms with E-state index in [-0.39, 0.29) is 5.75 Å². The summed E-state index contributed by atoms with van der Waals surface area (Å²) in [6.07, 6.45) is 2.39. The van der Waals surface area contributed by atoms with Gasteiger partial charge in [0.15, 0.2) is 0 Å². The molecule has 154 valence electrons. The van der Waals surface area contributed by atoms with Gasteiger partial charge in [0.1, 0.15) is 17.3 Å². The van der Waals surface area contributed by atoms with Crippen LogP contribution in [0.1, 0.15) is 29.9 Å². The van der Waals surface area contributed by atoms with E-state index in [1.807, 2.05) is 13.1 Å². The quantitative estimate of drug-likeness (QED) is 0.595. The molecule has 4 rings (SSSR count). The summed E-state index contributed by atoms with van der Waals surface area (Å²) in [5.41, 5.74) is 5.49. The fourth-order valence-electron chi connectivity index (χ4n) is 4.32. The first kappa shape index (κ1) is 19.7. The van der Waals surface area contributed by atoms with Crippen molar-refractivity contribution < 1.29 is 9.84 Å². The van der Waals surface area contributed by atoms with E-state index in [4.69, 9.17) is 9.72 Å². The number of fused-ring (bicyclic) bond motifs is 1. The molecular weight excluding hydrogens is 364 g/mol. The van der Waals surface area contributed by atoms with Gasteiger partial charge in [-0.15, -0.1) is 0 Å². The zero-order valence-corrected chi connectivity index (χ0v) is 17.5. The van der Waals surface area contributed by atoms with E-state index in [2.05, 4.69) is 34.3 Å². The summed E-state index contributed by atoms with van der Waals surface area (Å²) < 4.78 is 5.43. The van der Waals surface area contributed by atoms with Gasteiger partial charge in [-0.3, -0.25) is 0 Å². The molecule has 6 nitrogen and oxygen atoms in total. The molecule has 0 radical (unpaired) electrons. The predicted octanol–water partition coefficient (Wildman–Crippen LogP) is 3.65. The molecule has 0 amide bonds. The van der Waals surface area contributed by atoms with Crippen LogP contribution in [0.3, 0.4) is 0 Å². The third-order valence-corrected chi connectivity index (χ3v) is 5.98. The Labute approximate surface area is 171 Å². The molecule has 0 spiro atoms. The number of aromatic nitrogens is 2. The van der Waals surface area contributed by atoms with Gasteiger partial charge in [0.05, 0.1) is 23.7 Å². The number of phenols is 1. The Morgan fingerprint density at radius 1 is 1.24 bits per heavy atom. The second-order valence-corrected chi connectivity index (χ2v) is 7.92. The number of aromatic hydroxyl groups is 1. The molecule has 3 aromatic rings. The van der Waals surface area contributed by atoms with Crippen LogP contribution < -0.4 is 10.1 Å². The Hall–Kier alpha value is -2.57. The molecule has 2 aromatic carbocycles. The maximum Gasteiger partial charge on any atom is 0.142 e. The lowest BCUT2D eigenvalue weighted by Gasteiger charge is -2.32. The Bertz CT molecular complexity index is 990.